The van der Waals surface area contributed by atoms with E-state index >= 15 is 0 Å². The lowest BCUT2D eigenvalue weighted by Gasteiger charge is -2.79. The second-order valence-corrected chi connectivity index (χ2v) is 21.1. The molecular formula is C44H70N4O5. The average Bonchev–Trinajstić information content (AvgIpc) is 3.53. The third kappa shape index (κ3) is 4.93. The normalized spacial score (nSPS) is 49.4. The molecule has 4 N–H and O–H groups in total. The van der Waals surface area contributed by atoms with Crippen LogP contribution in [0.4, 0.5) is 0 Å². The zero-order chi connectivity index (χ0) is 38.0. The minimum Gasteiger partial charge on any atom is -0.392 e. The van der Waals surface area contributed by atoms with Crippen molar-refractivity contribution in [1.29, 1.82) is 0 Å². The van der Waals surface area contributed by atoms with E-state index in [1.165, 1.54) is 18.4 Å². The van der Waals surface area contributed by atoms with Gasteiger partial charge in [0.25, 0.3) is 0 Å². The van der Waals surface area contributed by atoms with Gasteiger partial charge in [0.15, 0.2) is 0 Å². The summed E-state index contributed by atoms with van der Waals surface area (Å²) in [6.45, 7) is 24.8. The number of hydrogen-bond acceptors (Lipinski definition) is 6. The lowest BCUT2D eigenvalue weighted by atomic mass is 9.29. The molecule has 2 saturated heterocycles. The number of ether oxygens (including phenoxy) is 1. The van der Waals surface area contributed by atoms with E-state index in [1.807, 2.05) is 4.90 Å². The Morgan fingerprint density at radius 2 is 1.58 bits per heavy atom. The Morgan fingerprint density at radius 1 is 0.868 bits per heavy atom. The lowest BCUT2D eigenvalue weighted by Crippen LogP contribution is -2.86. The van der Waals surface area contributed by atoms with Crippen LogP contribution in [-0.4, -0.2) is 84.8 Å². The van der Waals surface area contributed by atoms with Crippen LogP contribution in [-0.2, 0) is 19.1 Å². The maximum Gasteiger partial charge on any atom is 0.226 e. The predicted octanol–water partition coefficient (Wildman–Crippen LogP) is 5.61. The standard InChI is InChI=1S/C44H70N4O5/c1-27(2)28-11-15-43(37(52)47-32-25-30(38(32,3)4)36(51)45-20-13-34(50)48-21-23-53-24-22-48)18-16-39(5)29(35(28)43)9-10-31-40(39,6)17-19-44-41(31,7)14-12-33(49)42(44,8)26-46-44/h28-33,35,46,49H,1,9-26H2,2-8H3,(H,45,51)(H,47,52). The van der Waals surface area contributed by atoms with Crippen molar-refractivity contribution in [2.75, 3.05) is 39.4 Å². The van der Waals surface area contributed by atoms with Crippen molar-refractivity contribution >= 4 is 17.7 Å². The van der Waals surface area contributed by atoms with E-state index in [9.17, 15) is 19.5 Å². The van der Waals surface area contributed by atoms with E-state index in [0.29, 0.717) is 63.4 Å². The first-order valence-electron chi connectivity index (χ1n) is 21.4. The number of aliphatic hydroxyl groups excluding tert-OH is 1. The van der Waals surface area contributed by atoms with Crippen molar-refractivity contribution in [3.63, 3.8) is 0 Å². The smallest absolute Gasteiger partial charge is 0.226 e. The van der Waals surface area contributed by atoms with Gasteiger partial charge in [-0.05, 0) is 123 Å². The molecule has 9 heteroatoms. The van der Waals surface area contributed by atoms with E-state index in [1.54, 1.807) is 0 Å². The Hall–Kier alpha value is -1.97. The second kappa shape index (κ2) is 12.5. The molecule has 8 rings (SSSR count). The summed E-state index contributed by atoms with van der Waals surface area (Å²) >= 11 is 0. The van der Waals surface area contributed by atoms with Crippen molar-refractivity contribution in [3.8, 4) is 0 Å². The molecule has 0 bridgehead atoms. The molecule has 6 saturated carbocycles. The molecule has 2 aliphatic heterocycles. The summed E-state index contributed by atoms with van der Waals surface area (Å²) in [6.07, 6.45) is 11.3. The number of hydrogen-bond donors (Lipinski definition) is 4. The lowest BCUT2D eigenvalue weighted by molar-refractivity contribution is -0.289. The fraction of sp³-hybridized carbons (Fsp3) is 0.886. The highest BCUT2D eigenvalue weighted by Gasteiger charge is 2.78. The first kappa shape index (κ1) is 37.9. The molecule has 296 valence electrons. The predicted molar refractivity (Wildman–Crippen MR) is 205 cm³/mol. The van der Waals surface area contributed by atoms with Crippen LogP contribution >= 0.6 is 0 Å². The number of carbonyl (C=O) groups excluding carboxylic acids is 3. The molecule has 0 radical (unpaired) electrons. The number of carbonyl (C=O) groups is 3. The Kier molecular flexibility index (Phi) is 8.96. The number of allylic oxidation sites excluding steroid dienone is 1. The topological polar surface area (TPSA) is 120 Å². The average molecular weight is 735 g/mol. The highest BCUT2D eigenvalue weighted by molar-refractivity contribution is 5.86. The molecule has 13 unspecified atom stereocenters. The highest BCUT2D eigenvalue weighted by atomic mass is 16.5. The second-order valence-electron chi connectivity index (χ2n) is 21.1. The van der Waals surface area contributed by atoms with E-state index in [0.717, 1.165) is 57.9 Å². The molecule has 9 nitrogen and oxygen atoms in total. The van der Waals surface area contributed by atoms with Gasteiger partial charge >= 0.3 is 0 Å². The van der Waals surface area contributed by atoms with Gasteiger partial charge in [-0.15, -0.1) is 0 Å². The van der Waals surface area contributed by atoms with E-state index in [2.05, 4.69) is 71.0 Å². The van der Waals surface area contributed by atoms with E-state index < -0.39 is 5.41 Å². The van der Waals surface area contributed by atoms with Gasteiger partial charge in [0.2, 0.25) is 17.7 Å². The van der Waals surface area contributed by atoms with Gasteiger partial charge in [-0.2, -0.15) is 0 Å². The third-order valence-electron chi connectivity index (χ3n) is 19.3. The molecular weight excluding hydrogens is 665 g/mol. The molecule has 2 heterocycles. The Morgan fingerprint density at radius 3 is 2.25 bits per heavy atom. The Bertz CT molecular complexity index is 1540. The van der Waals surface area contributed by atoms with Crippen LogP contribution in [0.2, 0.25) is 0 Å². The van der Waals surface area contributed by atoms with Gasteiger partial charge in [-0.3, -0.25) is 14.4 Å². The largest absolute Gasteiger partial charge is 0.392 e. The molecule has 1 spiro atoms. The number of aliphatic hydroxyl groups is 1. The first-order chi connectivity index (χ1) is 24.9. The minimum atomic E-state index is -0.400. The van der Waals surface area contributed by atoms with Crippen LogP contribution in [0.1, 0.15) is 126 Å². The number of nitrogens with one attached hydrogen (secondary N) is 3. The highest BCUT2D eigenvalue weighted by Crippen LogP contribution is 2.79. The van der Waals surface area contributed by atoms with Crippen molar-refractivity contribution in [2.45, 2.75) is 143 Å². The third-order valence-corrected chi connectivity index (χ3v) is 19.3. The fourth-order valence-electron chi connectivity index (χ4n) is 15.5. The van der Waals surface area contributed by atoms with Gasteiger partial charge < -0.3 is 30.7 Å². The molecule has 0 aromatic carbocycles. The summed E-state index contributed by atoms with van der Waals surface area (Å²) in [5.41, 5.74) is 0.880. The molecule has 8 aliphatic rings. The summed E-state index contributed by atoms with van der Waals surface area (Å²) in [6, 6.07) is -0.0541. The van der Waals surface area contributed by atoms with Gasteiger partial charge in [0.05, 0.1) is 24.7 Å². The van der Waals surface area contributed by atoms with Crippen LogP contribution in [0.15, 0.2) is 12.2 Å². The van der Waals surface area contributed by atoms with Crippen LogP contribution in [0.5, 0.6) is 0 Å². The van der Waals surface area contributed by atoms with Crippen molar-refractivity contribution in [2.24, 2.45) is 62.1 Å². The maximum absolute atomic E-state index is 14.9. The van der Waals surface area contributed by atoms with Crippen molar-refractivity contribution < 1.29 is 24.2 Å². The zero-order valence-electron chi connectivity index (χ0n) is 34.0. The zero-order valence-corrected chi connectivity index (χ0v) is 34.0. The molecule has 0 aromatic heterocycles. The quantitative estimate of drug-likeness (QED) is 0.253. The summed E-state index contributed by atoms with van der Waals surface area (Å²) in [5.74, 6) is 1.77. The Labute approximate surface area is 318 Å². The molecule has 8 fully saturated rings. The van der Waals surface area contributed by atoms with Gasteiger partial charge in [0.1, 0.15) is 0 Å². The number of morpholine rings is 1. The Balaban J connectivity index is 0.976. The summed E-state index contributed by atoms with van der Waals surface area (Å²) in [7, 11) is 0. The molecule has 13 atom stereocenters. The van der Waals surface area contributed by atoms with Gasteiger partial charge in [-0.25, -0.2) is 0 Å². The summed E-state index contributed by atoms with van der Waals surface area (Å²) < 4.78 is 5.36. The molecule has 53 heavy (non-hydrogen) atoms. The molecule has 3 amide bonds. The molecule has 6 aliphatic carbocycles. The van der Waals surface area contributed by atoms with Gasteiger partial charge in [-0.1, -0.05) is 53.7 Å². The van der Waals surface area contributed by atoms with E-state index in [4.69, 9.17) is 4.74 Å². The van der Waals surface area contributed by atoms with Crippen LogP contribution in [0, 0.1) is 62.1 Å². The number of amides is 3. The van der Waals surface area contributed by atoms with Crippen LogP contribution < -0.4 is 16.0 Å². The summed E-state index contributed by atoms with van der Waals surface area (Å²) in [4.78, 5) is 42.7. The fourth-order valence-corrected chi connectivity index (χ4v) is 15.5. The van der Waals surface area contributed by atoms with E-state index in [-0.39, 0.29) is 74.3 Å². The van der Waals surface area contributed by atoms with Crippen LogP contribution in [0.3, 0.4) is 0 Å². The number of fused-ring (bicyclic) bond motifs is 6. The number of nitrogens with zero attached hydrogens (tertiary/aromatic N) is 1. The maximum atomic E-state index is 14.9. The number of rotatable bonds is 7. The summed E-state index contributed by atoms with van der Waals surface area (Å²) in [5, 5.41) is 21.9. The minimum absolute atomic E-state index is 0.0131. The molecule has 0 aromatic rings. The van der Waals surface area contributed by atoms with Crippen molar-refractivity contribution in [3.05, 3.63) is 12.2 Å². The van der Waals surface area contributed by atoms with Crippen molar-refractivity contribution in [1.82, 2.24) is 20.9 Å². The first-order valence-corrected chi connectivity index (χ1v) is 21.4. The SMILES string of the molecule is C=C(C)C1CCC2(C(=O)NC3CC(C(=O)NCCC(=O)N4CCOCC4)C3(C)C)CCC3(C)C(CCC4C3(C)CCC35NCC3(C)C(O)CCC45C)C12. The monoisotopic (exact) mass is 735 g/mol. The van der Waals surface area contributed by atoms with Gasteiger partial charge in [0, 0.05) is 55.5 Å². The van der Waals surface area contributed by atoms with Crippen LogP contribution in [0.25, 0.3) is 0 Å².